The zero-order chi connectivity index (χ0) is 6.85. The Kier molecular flexibility index (Phi) is 3.23. The van der Waals surface area contributed by atoms with Crippen molar-refractivity contribution in [3.05, 3.63) is 29.8 Å². The fourth-order valence-electron chi connectivity index (χ4n) is 0.464. The summed E-state index contributed by atoms with van der Waals surface area (Å²) in [5, 5.41) is 8.99. The standard InChI is InChI=1S/C7H7O.Y/c1-6-4-2-3-5-7(6)8;/h2-3,5,8H,1H3;/q-1;/i5T;. The molecule has 0 aliphatic carbocycles. The largest absolute Gasteiger partial charge is 0.565 e. The summed E-state index contributed by atoms with van der Waals surface area (Å²) in [6, 6.07) is 6.05. The molecule has 0 saturated heterocycles. The molecule has 45 valence electrons. The molecule has 1 radical (unpaired) electrons. The minimum atomic E-state index is 0. The van der Waals surface area contributed by atoms with Crippen molar-refractivity contribution < 1.29 is 39.2 Å². The Bertz CT molecular complexity index is 205. The van der Waals surface area contributed by atoms with Gasteiger partial charge in [-0.15, -0.1) is 11.6 Å². The van der Waals surface area contributed by atoms with Gasteiger partial charge < -0.3 is 5.11 Å². The van der Waals surface area contributed by atoms with Crippen LogP contribution in [0.15, 0.2) is 18.2 Å². The molecule has 9 heavy (non-hydrogen) atoms. The van der Waals surface area contributed by atoms with E-state index in [1.807, 2.05) is 0 Å². The maximum Gasteiger partial charge on any atom is 0.0373 e. The number of phenols is 1. The van der Waals surface area contributed by atoms with Crippen LogP contribution in [0.2, 0.25) is 0 Å². The van der Waals surface area contributed by atoms with E-state index in [-0.39, 0.29) is 44.5 Å². The second-order valence-electron chi connectivity index (χ2n) is 1.60. The number of aryl methyl sites for hydroxylation is 1. The summed E-state index contributed by atoms with van der Waals surface area (Å²) >= 11 is 0. The summed E-state index contributed by atoms with van der Waals surface area (Å²) in [5.74, 6) is 0.0255. The van der Waals surface area contributed by atoms with Gasteiger partial charge in [-0.05, 0) is 0 Å². The van der Waals surface area contributed by atoms with E-state index in [1.165, 1.54) is 6.07 Å². The quantitative estimate of drug-likeness (QED) is 0.626. The predicted molar refractivity (Wildman–Crippen MR) is 31.7 cm³/mol. The molecule has 0 heterocycles. The summed E-state index contributed by atoms with van der Waals surface area (Å²) in [6.45, 7) is 1.72. The minimum Gasteiger partial charge on any atom is -0.565 e. The van der Waals surface area contributed by atoms with Crippen molar-refractivity contribution in [3.8, 4) is 5.75 Å². The first-order chi connectivity index (χ1) is 4.22. The maximum atomic E-state index is 8.99. The Morgan fingerprint density at radius 1 is 1.78 bits per heavy atom. The van der Waals surface area contributed by atoms with Crippen molar-refractivity contribution in [3.63, 3.8) is 0 Å². The molecule has 1 aromatic carbocycles. The summed E-state index contributed by atoms with van der Waals surface area (Å²) < 4.78 is 7.09. The van der Waals surface area contributed by atoms with Crippen LogP contribution in [0, 0.1) is 13.0 Å². The van der Waals surface area contributed by atoms with Gasteiger partial charge in [-0.1, -0.05) is 6.92 Å². The van der Waals surface area contributed by atoms with Crippen LogP contribution in [0.4, 0.5) is 0 Å². The fraction of sp³-hybridized carbons (Fsp3) is 0.143. The molecule has 1 rings (SSSR count). The van der Waals surface area contributed by atoms with Gasteiger partial charge in [0.2, 0.25) is 0 Å². The van der Waals surface area contributed by atoms with Crippen LogP contribution >= 0.6 is 0 Å². The van der Waals surface area contributed by atoms with Gasteiger partial charge >= 0.3 is 0 Å². The molecule has 0 amide bonds. The normalized spacial score (nSPS) is 9.67. The van der Waals surface area contributed by atoms with Gasteiger partial charge in [-0.2, -0.15) is 18.2 Å². The van der Waals surface area contributed by atoms with Crippen LogP contribution in [0.5, 0.6) is 5.75 Å². The van der Waals surface area contributed by atoms with E-state index in [9.17, 15) is 0 Å². The first-order valence-electron chi connectivity index (χ1n) is 2.88. The number of hydrogen-bond donors (Lipinski definition) is 1. The van der Waals surface area contributed by atoms with Crippen molar-refractivity contribution >= 4 is 0 Å². The minimum absolute atomic E-state index is 0. The molecule has 2 heteroatoms. The fourth-order valence-corrected chi connectivity index (χ4v) is 0.464. The van der Waals surface area contributed by atoms with Crippen LogP contribution in [0.3, 0.4) is 0 Å². The average molecular weight is 198 g/mol. The number of benzene rings is 1. The Labute approximate surface area is 81.4 Å². The van der Waals surface area contributed by atoms with E-state index >= 15 is 0 Å². The van der Waals surface area contributed by atoms with Crippen LogP contribution in [0.1, 0.15) is 6.93 Å². The van der Waals surface area contributed by atoms with Crippen molar-refractivity contribution in [2.75, 3.05) is 0 Å². The Morgan fingerprint density at radius 3 is 2.89 bits per heavy atom. The van der Waals surface area contributed by atoms with Crippen molar-refractivity contribution in [1.29, 1.82) is 0 Å². The summed E-state index contributed by atoms with van der Waals surface area (Å²) in [6.07, 6.45) is 0. The van der Waals surface area contributed by atoms with Crippen LogP contribution in [-0.4, -0.2) is 5.11 Å². The number of aromatic hydroxyl groups is 1. The first kappa shape index (κ1) is 7.23. The second-order valence-corrected chi connectivity index (χ2v) is 1.60. The topological polar surface area (TPSA) is 20.2 Å². The predicted octanol–water partition coefficient (Wildman–Crippen LogP) is 1.50. The Hall–Kier alpha value is 0.124. The van der Waals surface area contributed by atoms with Gasteiger partial charge in [0, 0.05) is 39.8 Å². The molecule has 0 spiro atoms. The molecule has 1 aromatic rings. The molecule has 0 aromatic heterocycles. The molecule has 0 unspecified atom stereocenters. The van der Waals surface area contributed by atoms with Gasteiger partial charge in [0.25, 0.3) is 0 Å². The van der Waals surface area contributed by atoms with Crippen LogP contribution < -0.4 is 0 Å². The van der Waals surface area contributed by atoms with Gasteiger partial charge in [0.1, 0.15) is 0 Å². The third-order valence-corrected chi connectivity index (χ3v) is 0.958. The van der Waals surface area contributed by atoms with Gasteiger partial charge in [-0.3, -0.25) is 0 Å². The first-order valence-corrected chi connectivity index (χ1v) is 2.38. The van der Waals surface area contributed by atoms with Gasteiger partial charge in [0.15, 0.2) is 0 Å². The third kappa shape index (κ3) is 2.46. The second kappa shape index (κ2) is 4.02. The van der Waals surface area contributed by atoms with Gasteiger partial charge in [-0.25, -0.2) is 0 Å². The smallest absolute Gasteiger partial charge is 0.0373 e. The number of hydrogen-bond acceptors (Lipinski definition) is 1. The van der Waals surface area contributed by atoms with E-state index in [0.717, 1.165) is 0 Å². The van der Waals surface area contributed by atoms with Crippen LogP contribution in [-0.2, 0) is 32.7 Å². The molecule has 0 aliphatic heterocycles. The van der Waals surface area contributed by atoms with E-state index in [2.05, 4.69) is 6.07 Å². The average Bonchev–Trinajstić information content (AvgIpc) is 1.83. The van der Waals surface area contributed by atoms with Crippen molar-refractivity contribution in [2.24, 2.45) is 0 Å². The van der Waals surface area contributed by atoms with E-state index in [1.54, 1.807) is 13.0 Å². The molecule has 1 N–H and O–H groups in total. The molecular formula is C7H7OY-. The van der Waals surface area contributed by atoms with Crippen LogP contribution in [0.25, 0.3) is 0 Å². The molecule has 0 fully saturated rings. The number of rotatable bonds is 0. The summed E-state index contributed by atoms with van der Waals surface area (Å²) in [7, 11) is 0. The van der Waals surface area contributed by atoms with Crippen molar-refractivity contribution in [1.82, 2.24) is 0 Å². The molecule has 0 bridgehead atoms. The Morgan fingerprint density at radius 2 is 2.44 bits per heavy atom. The monoisotopic (exact) mass is 198 g/mol. The molecule has 0 atom stereocenters. The Balaban J connectivity index is 0.000000810. The zero-order valence-corrected chi connectivity index (χ0v) is 8.02. The number of phenolic OH excluding ortho intramolecular Hbond substituents is 1. The van der Waals surface area contributed by atoms with E-state index < -0.39 is 0 Å². The van der Waals surface area contributed by atoms with E-state index in [0.29, 0.717) is 5.56 Å². The summed E-state index contributed by atoms with van der Waals surface area (Å²) in [5.41, 5.74) is 0.627. The van der Waals surface area contributed by atoms with Gasteiger partial charge in [0.05, 0.1) is 0 Å². The third-order valence-electron chi connectivity index (χ3n) is 0.958. The SMILES string of the molecule is [3H]c1cc[c-]c(C)c1O.[Y]. The zero-order valence-electron chi connectivity index (χ0n) is 6.18. The summed E-state index contributed by atoms with van der Waals surface area (Å²) in [4.78, 5) is 0. The molecule has 1 nitrogen and oxygen atoms in total. The molecular weight excluding hydrogens is 189 g/mol. The maximum absolute atomic E-state index is 8.99. The molecule has 0 aliphatic rings. The van der Waals surface area contributed by atoms with Crippen molar-refractivity contribution in [2.45, 2.75) is 6.92 Å². The van der Waals surface area contributed by atoms with E-state index in [4.69, 9.17) is 6.48 Å². The molecule has 0 saturated carbocycles.